The molecule has 29 heavy (non-hydrogen) atoms. The van der Waals surface area contributed by atoms with Crippen LogP contribution in [0.1, 0.15) is 11.1 Å². The van der Waals surface area contributed by atoms with Crippen LogP contribution in [-0.4, -0.2) is 47.2 Å². The van der Waals surface area contributed by atoms with E-state index >= 15 is 0 Å². The molecule has 5 N–H and O–H groups in total. The Morgan fingerprint density at radius 2 is 1.34 bits per heavy atom. The Balaban J connectivity index is 2.22. The van der Waals surface area contributed by atoms with Crippen LogP contribution in [0, 0.1) is 5.92 Å². The molecule has 2 aromatic rings. The Labute approximate surface area is 168 Å². The predicted octanol–water partition coefficient (Wildman–Crippen LogP) is 0.185. The molecule has 0 spiro atoms. The van der Waals surface area contributed by atoms with Crippen molar-refractivity contribution in [3.8, 4) is 0 Å². The zero-order valence-electron chi connectivity index (χ0n) is 16.0. The molecule has 8 nitrogen and oxygen atoms in total. The van der Waals surface area contributed by atoms with Gasteiger partial charge in [-0.2, -0.15) is 0 Å². The Kier molecular flexibility index (Phi) is 8.32. The van der Waals surface area contributed by atoms with Gasteiger partial charge in [0.25, 0.3) is 5.91 Å². The van der Waals surface area contributed by atoms with Crippen molar-refractivity contribution in [1.82, 2.24) is 16.1 Å². The van der Waals surface area contributed by atoms with Gasteiger partial charge in [0.15, 0.2) is 0 Å². The Bertz CT molecular complexity index is 814. The van der Waals surface area contributed by atoms with Gasteiger partial charge in [-0.25, -0.2) is 5.48 Å². The number of likely N-dealkylation sites (N-methyl/N-ethyl adjacent to an activating group) is 1. The quantitative estimate of drug-likeness (QED) is 0.304. The van der Waals surface area contributed by atoms with Crippen LogP contribution in [0.3, 0.4) is 0 Å². The van der Waals surface area contributed by atoms with Crippen LogP contribution in [-0.2, 0) is 27.2 Å². The first kappa shape index (κ1) is 22.1. The highest BCUT2D eigenvalue weighted by atomic mass is 16.5. The number of hydrogen-bond donors (Lipinski definition) is 5. The first-order valence-electron chi connectivity index (χ1n) is 9.18. The van der Waals surface area contributed by atoms with Crippen molar-refractivity contribution >= 4 is 17.7 Å². The average molecular weight is 399 g/mol. The van der Waals surface area contributed by atoms with E-state index in [-0.39, 0.29) is 12.8 Å². The molecule has 0 saturated heterocycles. The zero-order chi connectivity index (χ0) is 21.2. The largest absolute Gasteiger partial charge is 0.382 e. The Morgan fingerprint density at radius 3 is 1.83 bits per heavy atom. The molecular formula is C21H25N3O5. The minimum absolute atomic E-state index is 0.0487. The van der Waals surface area contributed by atoms with Gasteiger partial charge in [0.05, 0.1) is 5.92 Å². The number of hydrogen-bond acceptors (Lipinski definition) is 5. The standard InChI is InChI=1S/C21H25N3O5/c1-22-20(27)17(13-15-10-6-3-7-11-15)23-19(26)16(18(25)21(28)24-29)12-14-8-4-2-5-9-14/h2-11,16-18,25,29H,12-13H2,1H3,(H,22,27)(H,23,26)(H,24,28). The lowest BCUT2D eigenvalue weighted by atomic mass is 9.92. The van der Waals surface area contributed by atoms with Gasteiger partial charge in [-0.15, -0.1) is 0 Å². The summed E-state index contributed by atoms with van der Waals surface area (Å²) in [4.78, 5) is 36.9. The molecule has 2 rings (SSSR count). The number of benzene rings is 2. The van der Waals surface area contributed by atoms with Gasteiger partial charge >= 0.3 is 0 Å². The molecule has 0 aliphatic rings. The molecule has 154 valence electrons. The first-order chi connectivity index (χ1) is 14.0. The summed E-state index contributed by atoms with van der Waals surface area (Å²) < 4.78 is 0. The molecule has 0 aromatic heterocycles. The topological polar surface area (TPSA) is 128 Å². The molecule has 0 aliphatic heterocycles. The fourth-order valence-corrected chi connectivity index (χ4v) is 2.98. The summed E-state index contributed by atoms with van der Waals surface area (Å²) in [5.74, 6) is -3.37. The maximum Gasteiger partial charge on any atom is 0.272 e. The lowest BCUT2D eigenvalue weighted by Crippen LogP contribution is -2.52. The monoisotopic (exact) mass is 399 g/mol. The molecule has 0 aliphatic carbocycles. The van der Waals surface area contributed by atoms with Gasteiger partial charge in [-0.3, -0.25) is 19.6 Å². The summed E-state index contributed by atoms with van der Waals surface area (Å²) in [6.07, 6.45) is -1.50. The van der Waals surface area contributed by atoms with Gasteiger partial charge in [0.2, 0.25) is 11.8 Å². The van der Waals surface area contributed by atoms with E-state index in [2.05, 4.69) is 10.6 Å². The summed E-state index contributed by atoms with van der Waals surface area (Å²) in [7, 11) is 1.46. The van der Waals surface area contributed by atoms with Crippen LogP contribution < -0.4 is 16.1 Å². The molecule has 2 aromatic carbocycles. The zero-order valence-corrected chi connectivity index (χ0v) is 16.0. The fourth-order valence-electron chi connectivity index (χ4n) is 2.98. The number of aliphatic hydroxyl groups is 1. The van der Waals surface area contributed by atoms with Crippen LogP contribution in [0.4, 0.5) is 0 Å². The van der Waals surface area contributed by atoms with E-state index < -0.39 is 35.8 Å². The van der Waals surface area contributed by atoms with E-state index in [1.807, 2.05) is 30.3 Å². The highest BCUT2D eigenvalue weighted by molar-refractivity contribution is 5.92. The third-order valence-electron chi connectivity index (χ3n) is 4.56. The van der Waals surface area contributed by atoms with Crippen LogP contribution in [0.5, 0.6) is 0 Å². The van der Waals surface area contributed by atoms with E-state index in [4.69, 9.17) is 5.21 Å². The normalized spacial score (nSPS) is 13.6. The van der Waals surface area contributed by atoms with E-state index in [0.717, 1.165) is 11.1 Å². The summed E-state index contributed by atoms with van der Waals surface area (Å²) >= 11 is 0. The second-order valence-electron chi connectivity index (χ2n) is 6.58. The van der Waals surface area contributed by atoms with Crippen molar-refractivity contribution in [1.29, 1.82) is 0 Å². The van der Waals surface area contributed by atoms with Crippen molar-refractivity contribution in [3.05, 3.63) is 71.8 Å². The Morgan fingerprint density at radius 1 is 0.828 bits per heavy atom. The van der Waals surface area contributed by atoms with Gasteiger partial charge in [-0.1, -0.05) is 60.7 Å². The Hall–Kier alpha value is -3.23. The van der Waals surface area contributed by atoms with E-state index in [1.54, 1.807) is 30.3 Å². The fraction of sp³-hybridized carbons (Fsp3) is 0.286. The molecule has 0 bridgehead atoms. The van der Waals surface area contributed by atoms with Gasteiger partial charge in [0.1, 0.15) is 12.1 Å². The second-order valence-corrected chi connectivity index (χ2v) is 6.58. The first-order valence-corrected chi connectivity index (χ1v) is 9.18. The third kappa shape index (κ3) is 6.41. The summed E-state index contributed by atoms with van der Waals surface area (Å²) in [6, 6.07) is 17.1. The number of carbonyl (C=O) groups excluding carboxylic acids is 3. The van der Waals surface area contributed by atoms with Crippen LogP contribution >= 0.6 is 0 Å². The van der Waals surface area contributed by atoms with Crippen molar-refractivity contribution in [2.45, 2.75) is 25.0 Å². The van der Waals surface area contributed by atoms with Crippen LogP contribution in [0.2, 0.25) is 0 Å². The maximum atomic E-state index is 12.9. The number of aliphatic hydroxyl groups excluding tert-OH is 1. The van der Waals surface area contributed by atoms with E-state index in [1.165, 1.54) is 12.5 Å². The number of carbonyl (C=O) groups is 3. The van der Waals surface area contributed by atoms with Crippen LogP contribution in [0.15, 0.2) is 60.7 Å². The number of hydroxylamine groups is 1. The van der Waals surface area contributed by atoms with Crippen molar-refractivity contribution in [2.75, 3.05) is 7.05 Å². The molecule has 0 fully saturated rings. The minimum atomic E-state index is -1.79. The van der Waals surface area contributed by atoms with Crippen LogP contribution in [0.25, 0.3) is 0 Å². The number of amides is 3. The molecule has 3 amide bonds. The molecule has 3 atom stereocenters. The molecule has 3 unspecified atom stereocenters. The van der Waals surface area contributed by atoms with Crippen molar-refractivity contribution < 1.29 is 24.7 Å². The van der Waals surface area contributed by atoms with Crippen molar-refractivity contribution in [3.63, 3.8) is 0 Å². The highest BCUT2D eigenvalue weighted by Gasteiger charge is 2.34. The maximum absolute atomic E-state index is 12.9. The van der Waals surface area contributed by atoms with E-state index in [9.17, 15) is 19.5 Å². The molecular weight excluding hydrogens is 374 g/mol. The van der Waals surface area contributed by atoms with Crippen molar-refractivity contribution in [2.24, 2.45) is 5.92 Å². The number of rotatable bonds is 9. The lowest BCUT2D eigenvalue weighted by molar-refractivity contribution is -0.146. The van der Waals surface area contributed by atoms with E-state index in [0.29, 0.717) is 0 Å². The number of nitrogens with one attached hydrogen (secondary N) is 3. The highest BCUT2D eigenvalue weighted by Crippen LogP contribution is 2.15. The molecule has 0 heterocycles. The molecule has 8 heteroatoms. The third-order valence-corrected chi connectivity index (χ3v) is 4.56. The predicted molar refractivity (Wildman–Crippen MR) is 106 cm³/mol. The second kappa shape index (κ2) is 10.9. The SMILES string of the molecule is CNC(=O)C(Cc1ccccc1)NC(=O)C(Cc1ccccc1)C(O)C(=O)NO. The average Bonchev–Trinajstić information content (AvgIpc) is 2.76. The molecule has 0 saturated carbocycles. The minimum Gasteiger partial charge on any atom is -0.382 e. The van der Waals surface area contributed by atoms with Gasteiger partial charge in [-0.05, 0) is 17.5 Å². The van der Waals surface area contributed by atoms with Gasteiger partial charge < -0.3 is 15.7 Å². The van der Waals surface area contributed by atoms with Gasteiger partial charge in [0, 0.05) is 13.5 Å². The summed E-state index contributed by atoms with van der Waals surface area (Å²) in [5, 5.41) is 24.3. The smallest absolute Gasteiger partial charge is 0.272 e. The summed E-state index contributed by atoms with van der Waals surface area (Å²) in [6.45, 7) is 0. The summed E-state index contributed by atoms with van der Waals surface area (Å²) in [5.41, 5.74) is 2.93. The molecule has 0 radical (unpaired) electrons. The lowest BCUT2D eigenvalue weighted by Gasteiger charge is -2.24.